The summed E-state index contributed by atoms with van der Waals surface area (Å²) >= 11 is 1.90. The van der Waals surface area contributed by atoms with Gasteiger partial charge in [0.2, 0.25) is 0 Å². The molecule has 0 N–H and O–H groups in total. The van der Waals surface area contributed by atoms with E-state index in [-0.39, 0.29) is 29.1 Å². The number of hydrogen-bond donors (Lipinski definition) is 0. The Balaban J connectivity index is 1.88. The molecule has 1 fully saturated rings. The van der Waals surface area contributed by atoms with Gasteiger partial charge >= 0.3 is 0 Å². The first-order valence-corrected chi connectivity index (χ1v) is 9.15. The zero-order valence-corrected chi connectivity index (χ0v) is 15.0. The molecular formula is C18H26FNO2S. The maximum atomic E-state index is 12.9. The molecule has 1 amide bonds. The van der Waals surface area contributed by atoms with E-state index in [0.29, 0.717) is 5.75 Å². The Morgan fingerprint density at radius 3 is 2.65 bits per heavy atom. The smallest absolute Gasteiger partial charge is 0.260 e. The molecular weight excluding hydrogens is 313 g/mol. The Hall–Kier alpha value is -1.23. The molecule has 1 atom stereocenters. The number of benzene rings is 1. The van der Waals surface area contributed by atoms with Crippen molar-refractivity contribution in [2.75, 3.05) is 18.9 Å². The molecule has 1 heterocycles. The number of likely N-dealkylation sites (tertiary alicyclic amines) is 1. The molecule has 0 unspecified atom stereocenters. The van der Waals surface area contributed by atoms with Crippen LogP contribution in [-0.2, 0) is 4.79 Å². The molecule has 2 rings (SSSR count). The van der Waals surface area contributed by atoms with E-state index in [4.69, 9.17) is 4.74 Å². The largest absolute Gasteiger partial charge is 0.484 e. The van der Waals surface area contributed by atoms with Crippen LogP contribution in [0, 0.1) is 5.82 Å². The van der Waals surface area contributed by atoms with Crippen molar-refractivity contribution in [1.29, 1.82) is 0 Å². The molecule has 0 radical (unpaired) electrons. The van der Waals surface area contributed by atoms with E-state index in [1.165, 1.54) is 18.6 Å². The second-order valence-electron chi connectivity index (χ2n) is 6.90. The normalized spacial score (nSPS) is 18.8. The number of piperidine rings is 1. The predicted octanol–water partition coefficient (Wildman–Crippen LogP) is 4.12. The number of rotatable bonds is 5. The standard InChI is InChI=1S/C18H26FNO2S/c1-18(2,3)23-13-15-6-4-5-11-20(15)17(21)12-22-16-9-7-14(19)8-10-16/h7-10,15H,4-6,11-13H2,1-3H3/t15-/m0/s1. The Morgan fingerprint density at radius 2 is 2.00 bits per heavy atom. The summed E-state index contributed by atoms with van der Waals surface area (Å²) in [5, 5.41) is 0. The van der Waals surface area contributed by atoms with Crippen LogP contribution in [0.5, 0.6) is 5.75 Å². The minimum atomic E-state index is -0.307. The second kappa shape index (κ2) is 8.04. The molecule has 1 aromatic rings. The van der Waals surface area contributed by atoms with Crippen LogP contribution in [0.25, 0.3) is 0 Å². The van der Waals surface area contributed by atoms with Crippen molar-refractivity contribution in [2.24, 2.45) is 0 Å². The Labute approximate surface area is 142 Å². The van der Waals surface area contributed by atoms with E-state index in [0.717, 1.165) is 25.1 Å². The van der Waals surface area contributed by atoms with Gasteiger partial charge in [0, 0.05) is 23.1 Å². The fourth-order valence-electron chi connectivity index (χ4n) is 2.61. The molecule has 23 heavy (non-hydrogen) atoms. The summed E-state index contributed by atoms with van der Waals surface area (Å²) in [5.74, 6) is 1.20. The lowest BCUT2D eigenvalue weighted by Crippen LogP contribution is -2.47. The van der Waals surface area contributed by atoms with Crippen molar-refractivity contribution in [3.8, 4) is 5.75 Å². The van der Waals surface area contributed by atoms with E-state index < -0.39 is 0 Å². The lowest BCUT2D eigenvalue weighted by Gasteiger charge is -2.36. The van der Waals surface area contributed by atoms with Gasteiger partial charge in [0.1, 0.15) is 11.6 Å². The van der Waals surface area contributed by atoms with Gasteiger partial charge in [-0.2, -0.15) is 11.8 Å². The van der Waals surface area contributed by atoms with Gasteiger partial charge in [-0.1, -0.05) is 20.8 Å². The summed E-state index contributed by atoms with van der Waals surface area (Å²) in [7, 11) is 0. The van der Waals surface area contributed by atoms with E-state index in [1.807, 2.05) is 16.7 Å². The summed E-state index contributed by atoms with van der Waals surface area (Å²) in [6.45, 7) is 7.42. The SMILES string of the molecule is CC(C)(C)SC[C@@H]1CCCCN1C(=O)COc1ccc(F)cc1. The van der Waals surface area contributed by atoms with Crippen molar-refractivity contribution in [1.82, 2.24) is 4.90 Å². The van der Waals surface area contributed by atoms with E-state index in [9.17, 15) is 9.18 Å². The molecule has 1 saturated heterocycles. The average molecular weight is 339 g/mol. The molecule has 5 heteroatoms. The monoisotopic (exact) mass is 339 g/mol. The lowest BCUT2D eigenvalue weighted by atomic mass is 10.0. The summed E-state index contributed by atoms with van der Waals surface area (Å²) in [5.41, 5.74) is 0. The highest BCUT2D eigenvalue weighted by atomic mass is 32.2. The molecule has 1 aromatic carbocycles. The predicted molar refractivity (Wildman–Crippen MR) is 93.5 cm³/mol. The number of halogens is 1. The third-order valence-corrected chi connectivity index (χ3v) is 5.25. The van der Waals surface area contributed by atoms with Gasteiger partial charge in [-0.05, 0) is 43.5 Å². The molecule has 0 aromatic heterocycles. The molecule has 0 bridgehead atoms. The van der Waals surface area contributed by atoms with Crippen molar-refractivity contribution in [3.63, 3.8) is 0 Å². The minimum Gasteiger partial charge on any atom is -0.484 e. The molecule has 3 nitrogen and oxygen atoms in total. The maximum Gasteiger partial charge on any atom is 0.260 e. The quantitative estimate of drug-likeness (QED) is 0.808. The number of nitrogens with zero attached hydrogens (tertiary/aromatic N) is 1. The van der Waals surface area contributed by atoms with Crippen LogP contribution < -0.4 is 4.74 Å². The van der Waals surface area contributed by atoms with E-state index in [1.54, 1.807) is 12.1 Å². The van der Waals surface area contributed by atoms with Crippen LogP contribution in [0.15, 0.2) is 24.3 Å². The Kier molecular flexibility index (Phi) is 6.33. The summed E-state index contributed by atoms with van der Waals surface area (Å²) in [4.78, 5) is 14.5. The molecule has 0 spiro atoms. The number of thioether (sulfide) groups is 1. The number of carbonyl (C=O) groups is 1. The Bertz CT molecular complexity index is 513. The number of hydrogen-bond acceptors (Lipinski definition) is 3. The van der Waals surface area contributed by atoms with Gasteiger partial charge in [-0.25, -0.2) is 4.39 Å². The molecule has 1 aliphatic heterocycles. The fraction of sp³-hybridized carbons (Fsp3) is 0.611. The molecule has 0 aliphatic carbocycles. The third-order valence-electron chi connectivity index (χ3n) is 3.83. The number of carbonyl (C=O) groups excluding carboxylic acids is 1. The fourth-order valence-corrected chi connectivity index (χ4v) is 3.65. The summed E-state index contributed by atoms with van der Waals surface area (Å²) < 4.78 is 18.6. The van der Waals surface area contributed by atoms with Crippen molar-refractivity contribution in [2.45, 2.75) is 50.8 Å². The van der Waals surface area contributed by atoms with Crippen LogP contribution in [-0.4, -0.2) is 40.5 Å². The van der Waals surface area contributed by atoms with Crippen LogP contribution in [0.1, 0.15) is 40.0 Å². The lowest BCUT2D eigenvalue weighted by molar-refractivity contribution is -0.136. The first-order valence-electron chi connectivity index (χ1n) is 8.17. The zero-order valence-electron chi connectivity index (χ0n) is 14.2. The minimum absolute atomic E-state index is 0.0162. The van der Waals surface area contributed by atoms with E-state index >= 15 is 0 Å². The van der Waals surface area contributed by atoms with Gasteiger partial charge in [0.25, 0.3) is 5.91 Å². The van der Waals surface area contributed by atoms with Crippen LogP contribution in [0.3, 0.4) is 0 Å². The topological polar surface area (TPSA) is 29.5 Å². The first kappa shape index (κ1) is 18.1. The average Bonchev–Trinajstić information content (AvgIpc) is 2.52. The van der Waals surface area contributed by atoms with Crippen molar-refractivity contribution in [3.05, 3.63) is 30.1 Å². The van der Waals surface area contributed by atoms with Crippen molar-refractivity contribution < 1.29 is 13.9 Å². The van der Waals surface area contributed by atoms with Crippen LogP contribution in [0.4, 0.5) is 4.39 Å². The number of amides is 1. The van der Waals surface area contributed by atoms with Crippen molar-refractivity contribution >= 4 is 17.7 Å². The van der Waals surface area contributed by atoms with Crippen LogP contribution in [0.2, 0.25) is 0 Å². The maximum absolute atomic E-state index is 12.9. The molecule has 1 aliphatic rings. The highest BCUT2D eigenvalue weighted by molar-refractivity contribution is 8.00. The van der Waals surface area contributed by atoms with Gasteiger partial charge in [0.05, 0.1) is 0 Å². The van der Waals surface area contributed by atoms with Gasteiger partial charge in [-0.15, -0.1) is 0 Å². The second-order valence-corrected chi connectivity index (χ2v) is 8.75. The highest BCUT2D eigenvalue weighted by Gasteiger charge is 2.28. The molecule has 0 saturated carbocycles. The highest BCUT2D eigenvalue weighted by Crippen LogP contribution is 2.28. The zero-order chi connectivity index (χ0) is 16.9. The summed E-state index contributed by atoms with van der Waals surface area (Å²) in [6, 6.07) is 6.06. The van der Waals surface area contributed by atoms with Crippen LogP contribution >= 0.6 is 11.8 Å². The van der Waals surface area contributed by atoms with Gasteiger partial charge in [0.15, 0.2) is 6.61 Å². The number of ether oxygens (including phenoxy) is 1. The van der Waals surface area contributed by atoms with Gasteiger partial charge < -0.3 is 9.64 Å². The van der Waals surface area contributed by atoms with Gasteiger partial charge in [-0.3, -0.25) is 4.79 Å². The van der Waals surface area contributed by atoms with E-state index in [2.05, 4.69) is 20.8 Å². The third kappa shape index (κ3) is 6.05. The first-order chi connectivity index (χ1) is 10.8. The molecule has 128 valence electrons. The summed E-state index contributed by atoms with van der Waals surface area (Å²) in [6.07, 6.45) is 3.29. The Morgan fingerprint density at radius 1 is 1.30 bits per heavy atom.